The number of aliphatic hydroxyl groups excluding tert-OH is 1. The highest BCUT2D eigenvalue weighted by Crippen LogP contribution is 2.45. The van der Waals surface area contributed by atoms with Gasteiger partial charge in [-0.2, -0.15) is 0 Å². The second-order valence-corrected chi connectivity index (χ2v) is 8.72. The van der Waals surface area contributed by atoms with E-state index in [1.807, 2.05) is 6.92 Å². The number of aromatic nitrogens is 1. The first-order valence-corrected chi connectivity index (χ1v) is 10.6. The number of fused-ring (bicyclic) bond motifs is 1. The number of carbonyl (C=O) groups is 1. The molecule has 4 nitrogen and oxygen atoms in total. The van der Waals surface area contributed by atoms with Gasteiger partial charge in [0.2, 0.25) is 0 Å². The van der Waals surface area contributed by atoms with Crippen LogP contribution < -0.4 is 5.32 Å². The summed E-state index contributed by atoms with van der Waals surface area (Å²) in [4.78, 5) is 18.9. The van der Waals surface area contributed by atoms with Crippen molar-refractivity contribution in [3.05, 3.63) is 32.7 Å². The molecule has 0 saturated carbocycles. The molecular formula is C19H22N2O2S2. The molecule has 2 aliphatic carbocycles. The number of nitrogens with zero attached hydrogens (tertiary/aromatic N) is 1. The Kier molecular flexibility index (Phi) is 4.75. The molecule has 6 heteroatoms. The molecule has 2 aromatic rings. The maximum absolute atomic E-state index is 12.8. The summed E-state index contributed by atoms with van der Waals surface area (Å²) in [6.45, 7) is 2.00. The average molecular weight is 375 g/mol. The van der Waals surface area contributed by atoms with Gasteiger partial charge < -0.3 is 10.4 Å². The first-order valence-electron chi connectivity index (χ1n) is 8.87. The lowest BCUT2D eigenvalue weighted by Crippen LogP contribution is -2.15. The topological polar surface area (TPSA) is 62.2 Å². The molecule has 0 radical (unpaired) electrons. The Morgan fingerprint density at radius 3 is 2.84 bits per heavy atom. The highest BCUT2D eigenvalue weighted by Gasteiger charge is 2.27. The summed E-state index contributed by atoms with van der Waals surface area (Å²) >= 11 is 3.36. The summed E-state index contributed by atoms with van der Waals surface area (Å²) in [5.41, 5.74) is 5.20. The maximum Gasteiger partial charge on any atom is 0.252 e. The van der Waals surface area contributed by atoms with Gasteiger partial charge in [0.05, 0.1) is 6.61 Å². The molecule has 4 rings (SSSR count). The molecule has 2 N–H and O–H groups in total. The van der Waals surface area contributed by atoms with Gasteiger partial charge in [0.25, 0.3) is 5.91 Å². The third-order valence-corrected chi connectivity index (χ3v) is 7.21. The van der Waals surface area contributed by atoms with Crippen molar-refractivity contribution in [1.82, 2.24) is 4.98 Å². The molecule has 0 aliphatic heterocycles. The normalized spacial score (nSPS) is 17.0. The molecule has 0 bridgehead atoms. The van der Waals surface area contributed by atoms with E-state index in [2.05, 4.69) is 15.7 Å². The first kappa shape index (κ1) is 16.9. The quantitative estimate of drug-likeness (QED) is 0.830. The molecule has 2 aromatic heterocycles. The summed E-state index contributed by atoms with van der Waals surface area (Å²) < 4.78 is 0. The lowest BCUT2D eigenvalue weighted by Gasteiger charge is -2.12. The van der Waals surface area contributed by atoms with Crippen LogP contribution in [0.1, 0.15) is 48.2 Å². The molecule has 0 saturated heterocycles. The Balaban J connectivity index is 1.72. The predicted octanol–water partition coefficient (Wildman–Crippen LogP) is 4.47. The van der Waals surface area contributed by atoms with Crippen molar-refractivity contribution < 1.29 is 9.90 Å². The van der Waals surface area contributed by atoms with Crippen molar-refractivity contribution in [2.45, 2.75) is 51.9 Å². The largest absolute Gasteiger partial charge is 0.392 e. The van der Waals surface area contributed by atoms with E-state index in [0.29, 0.717) is 0 Å². The summed E-state index contributed by atoms with van der Waals surface area (Å²) in [5.74, 6) is -0.0466. The van der Waals surface area contributed by atoms with Gasteiger partial charge in [0.15, 0.2) is 0 Å². The van der Waals surface area contributed by atoms with E-state index in [1.54, 1.807) is 22.7 Å². The number of thiazole rings is 1. The Hall–Kier alpha value is -1.50. The summed E-state index contributed by atoms with van der Waals surface area (Å²) in [7, 11) is 0. The smallest absolute Gasteiger partial charge is 0.252 e. The van der Waals surface area contributed by atoms with Crippen LogP contribution in [0.25, 0.3) is 10.6 Å². The third-order valence-electron chi connectivity index (χ3n) is 5.03. The van der Waals surface area contributed by atoms with Crippen LogP contribution in [0, 0.1) is 6.92 Å². The van der Waals surface area contributed by atoms with Crippen molar-refractivity contribution in [2.75, 3.05) is 11.9 Å². The molecule has 0 atom stereocenters. The van der Waals surface area contributed by atoms with Crippen LogP contribution in [-0.2, 0) is 17.6 Å². The zero-order valence-electron chi connectivity index (χ0n) is 14.4. The molecule has 1 amide bonds. The molecule has 0 fully saturated rings. The van der Waals surface area contributed by atoms with Crippen molar-refractivity contribution in [3.8, 4) is 10.6 Å². The van der Waals surface area contributed by atoms with Gasteiger partial charge in [-0.1, -0.05) is 0 Å². The van der Waals surface area contributed by atoms with Crippen LogP contribution in [0.2, 0.25) is 0 Å². The summed E-state index contributed by atoms with van der Waals surface area (Å²) in [6.07, 6.45) is 7.14. The van der Waals surface area contributed by atoms with Crippen molar-refractivity contribution >= 4 is 33.6 Å². The monoisotopic (exact) mass is 374 g/mol. The van der Waals surface area contributed by atoms with E-state index in [1.165, 1.54) is 23.3 Å². The van der Waals surface area contributed by atoms with Crippen LogP contribution >= 0.6 is 22.7 Å². The van der Waals surface area contributed by atoms with Crippen molar-refractivity contribution in [1.29, 1.82) is 0 Å². The van der Waals surface area contributed by atoms with E-state index >= 15 is 0 Å². The van der Waals surface area contributed by atoms with Crippen LogP contribution in [0.4, 0.5) is 5.00 Å². The van der Waals surface area contributed by atoms with Crippen LogP contribution in [0.3, 0.4) is 0 Å². The van der Waals surface area contributed by atoms with Gasteiger partial charge in [-0.25, -0.2) is 4.98 Å². The minimum absolute atomic E-state index is 0.0117. The zero-order chi connectivity index (χ0) is 17.4. The average Bonchev–Trinajstić information content (AvgIpc) is 3.31. The van der Waals surface area contributed by atoms with Crippen molar-refractivity contribution in [2.24, 2.45) is 0 Å². The Morgan fingerprint density at radius 2 is 2.08 bits per heavy atom. The van der Waals surface area contributed by atoms with Crippen LogP contribution in [-0.4, -0.2) is 22.6 Å². The minimum atomic E-state index is -0.0466. The number of carbonyl (C=O) groups excluding carboxylic acids is 1. The molecule has 0 spiro atoms. The van der Waals surface area contributed by atoms with E-state index in [4.69, 9.17) is 0 Å². The van der Waals surface area contributed by atoms with Gasteiger partial charge in [0.1, 0.15) is 10.0 Å². The fraction of sp³-hybridized carbons (Fsp3) is 0.474. The Labute approximate surface area is 155 Å². The Bertz CT molecular complexity index is 848. The molecule has 0 unspecified atom stereocenters. The van der Waals surface area contributed by atoms with E-state index in [9.17, 15) is 9.90 Å². The van der Waals surface area contributed by atoms with Gasteiger partial charge in [-0.15, -0.1) is 22.7 Å². The Morgan fingerprint density at radius 1 is 1.24 bits per heavy atom. The van der Waals surface area contributed by atoms with Gasteiger partial charge in [0, 0.05) is 27.1 Å². The third kappa shape index (κ3) is 3.18. The number of aryl methyl sites for hydroxylation is 2. The number of nitrogens with one attached hydrogen (secondary N) is 1. The molecule has 2 heterocycles. The maximum atomic E-state index is 12.8. The number of thiophene rings is 1. The fourth-order valence-corrected chi connectivity index (χ4v) is 6.01. The zero-order valence-corrected chi connectivity index (χ0v) is 16.0. The van der Waals surface area contributed by atoms with Gasteiger partial charge in [-0.3, -0.25) is 4.79 Å². The number of amides is 1. The van der Waals surface area contributed by atoms with Crippen LogP contribution in [0.15, 0.2) is 16.5 Å². The second kappa shape index (κ2) is 7.02. The number of hydrogen-bond donors (Lipinski definition) is 2. The SMILES string of the molecule is Cc1csc(-c2c(NC(=O)C3=C(CO)CCC3)sc3c2CCCC3)n1. The van der Waals surface area contributed by atoms with E-state index in [0.717, 1.165) is 64.5 Å². The number of anilines is 1. The lowest BCUT2D eigenvalue weighted by atomic mass is 9.95. The second-order valence-electron chi connectivity index (χ2n) is 6.76. The molecule has 0 aromatic carbocycles. The van der Waals surface area contributed by atoms with Gasteiger partial charge in [-0.05, 0) is 63.0 Å². The molecule has 2 aliphatic rings. The summed E-state index contributed by atoms with van der Waals surface area (Å²) in [6, 6.07) is 0. The van der Waals surface area contributed by atoms with E-state index in [-0.39, 0.29) is 12.5 Å². The number of aliphatic hydroxyl groups is 1. The summed E-state index contributed by atoms with van der Waals surface area (Å²) in [5, 5.41) is 16.6. The van der Waals surface area contributed by atoms with Crippen molar-refractivity contribution in [3.63, 3.8) is 0 Å². The lowest BCUT2D eigenvalue weighted by molar-refractivity contribution is -0.113. The molecule has 132 valence electrons. The highest BCUT2D eigenvalue weighted by atomic mass is 32.1. The molecular weight excluding hydrogens is 352 g/mol. The minimum Gasteiger partial charge on any atom is -0.392 e. The van der Waals surface area contributed by atoms with E-state index < -0.39 is 0 Å². The van der Waals surface area contributed by atoms with Gasteiger partial charge >= 0.3 is 0 Å². The first-order chi connectivity index (χ1) is 12.2. The number of rotatable bonds is 4. The standard InChI is InChI=1S/C19H22N2O2S2/c1-11-10-24-18(20-11)16-14-6-2-3-8-15(14)25-19(16)21-17(23)13-7-4-5-12(13)9-22/h10,22H,2-9H2,1H3,(H,21,23). The number of hydrogen-bond acceptors (Lipinski definition) is 5. The predicted molar refractivity (Wildman–Crippen MR) is 103 cm³/mol. The molecule has 25 heavy (non-hydrogen) atoms. The fourth-order valence-electron chi connectivity index (χ4n) is 3.78. The highest BCUT2D eigenvalue weighted by molar-refractivity contribution is 7.18. The van der Waals surface area contributed by atoms with Crippen LogP contribution in [0.5, 0.6) is 0 Å².